The molecule has 0 saturated carbocycles. The van der Waals surface area contributed by atoms with Crippen molar-refractivity contribution in [2.24, 2.45) is 5.92 Å². The summed E-state index contributed by atoms with van der Waals surface area (Å²) in [6.45, 7) is 2.88. The van der Waals surface area contributed by atoms with Crippen molar-refractivity contribution in [3.63, 3.8) is 0 Å². The van der Waals surface area contributed by atoms with Gasteiger partial charge in [-0.3, -0.25) is 9.59 Å². The lowest BCUT2D eigenvalue weighted by molar-refractivity contribution is 0.0926. The monoisotopic (exact) mass is 353 g/mol. The Hall–Kier alpha value is -2.93. The molecule has 2 N–H and O–H groups in total. The van der Waals surface area contributed by atoms with Crippen LogP contribution in [0.5, 0.6) is 0 Å². The molecule has 7 nitrogen and oxygen atoms in total. The minimum atomic E-state index is -0.230. The number of fused-ring (bicyclic) bond motifs is 1. The number of nitrogens with one attached hydrogen (secondary N) is 2. The third-order valence-electron chi connectivity index (χ3n) is 4.71. The maximum Gasteiger partial charge on any atom is 0.255 e. The lowest BCUT2D eigenvalue weighted by atomic mass is 9.97. The molecule has 0 bridgehead atoms. The molecule has 2 aromatic heterocycles. The van der Waals surface area contributed by atoms with Crippen LogP contribution in [0.2, 0.25) is 0 Å². The summed E-state index contributed by atoms with van der Waals surface area (Å²) in [5, 5.41) is 8.06. The second kappa shape index (κ2) is 6.76. The number of carbonyl (C=O) groups is 1. The number of hydrogen-bond donors (Lipinski definition) is 2. The summed E-state index contributed by atoms with van der Waals surface area (Å²) in [7, 11) is 0. The Bertz CT molecular complexity index is 1010. The van der Waals surface area contributed by atoms with E-state index in [0.717, 1.165) is 11.5 Å². The number of rotatable bonds is 4. The average Bonchev–Trinajstić information content (AvgIpc) is 3.25. The highest BCUT2D eigenvalue weighted by Gasteiger charge is 2.31. The number of nitrogens with zero attached hydrogens (tertiary/aromatic N) is 1. The lowest BCUT2D eigenvalue weighted by Crippen LogP contribution is -2.40. The summed E-state index contributed by atoms with van der Waals surface area (Å²) in [5.41, 5.74) is 1.07. The molecule has 1 aliphatic rings. The molecule has 134 valence electrons. The molecule has 2 atom stereocenters. The van der Waals surface area contributed by atoms with Gasteiger partial charge in [0.1, 0.15) is 5.76 Å². The van der Waals surface area contributed by atoms with Gasteiger partial charge < -0.3 is 19.6 Å². The zero-order valence-corrected chi connectivity index (χ0v) is 14.3. The number of aromatic amines is 1. The van der Waals surface area contributed by atoms with E-state index in [1.54, 1.807) is 18.2 Å². The van der Waals surface area contributed by atoms with Gasteiger partial charge in [0.15, 0.2) is 0 Å². The summed E-state index contributed by atoms with van der Waals surface area (Å²) in [5.74, 6) is 0.666. The first-order chi connectivity index (χ1) is 12.6. The van der Waals surface area contributed by atoms with Crippen molar-refractivity contribution in [2.45, 2.75) is 19.4 Å². The molecule has 1 aliphatic heterocycles. The molecule has 0 aliphatic carbocycles. The van der Waals surface area contributed by atoms with E-state index in [0.29, 0.717) is 36.0 Å². The second-order valence-electron chi connectivity index (χ2n) is 6.59. The molecule has 26 heavy (non-hydrogen) atoms. The van der Waals surface area contributed by atoms with Crippen LogP contribution < -0.4 is 10.9 Å². The molecule has 0 radical (unpaired) electrons. The second-order valence-corrected chi connectivity index (χ2v) is 6.59. The molecule has 1 saturated heterocycles. The van der Waals surface area contributed by atoms with Crippen LogP contribution in [0.15, 0.2) is 45.8 Å². The molecule has 1 aromatic carbocycles. The van der Waals surface area contributed by atoms with Crippen molar-refractivity contribution in [1.29, 1.82) is 0 Å². The first kappa shape index (κ1) is 16.5. The zero-order chi connectivity index (χ0) is 18.1. The van der Waals surface area contributed by atoms with Crippen LogP contribution in [0.1, 0.15) is 21.8 Å². The Balaban J connectivity index is 1.54. The van der Waals surface area contributed by atoms with Crippen molar-refractivity contribution in [2.75, 3.05) is 13.2 Å². The van der Waals surface area contributed by atoms with Gasteiger partial charge in [-0.05, 0) is 13.0 Å². The Kier molecular flexibility index (Phi) is 4.30. The molecule has 7 heteroatoms. The SMILES string of the molecule is Cc1cc(C[C@@H]2COC[C@@H]2NC(=O)c2c[nH]c(=O)c3ccccc23)on1. The van der Waals surface area contributed by atoms with Crippen molar-refractivity contribution in [3.05, 3.63) is 63.9 Å². The number of H-pyrrole nitrogens is 1. The predicted molar refractivity (Wildman–Crippen MR) is 95.1 cm³/mol. The first-order valence-electron chi connectivity index (χ1n) is 8.53. The first-order valence-corrected chi connectivity index (χ1v) is 8.53. The van der Waals surface area contributed by atoms with Crippen LogP contribution in [0, 0.1) is 12.8 Å². The van der Waals surface area contributed by atoms with E-state index in [9.17, 15) is 9.59 Å². The van der Waals surface area contributed by atoms with Gasteiger partial charge in [-0.2, -0.15) is 0 Å². The van der Waals surface area contributed by atoms with Crippen LogP contribution in [0.3, 0.4) is 0 Å². The number of pyridine rings is 1. The fourth-order valence-electron chi connectivity index (χ4n) is 3.37. The van der Waals surface area contributed by atoms with Crippen molar-refractivity contribution in [1.82, 2.24) is 15.5 Å². The third kappa shape index (κ3) is 3.13. The molecule has 3 aromatic rings. The van der Waals surface area contributed by atoms with Gasteiger partial charge in [0, 0.05) is 35.4 Å². The van der Waals surface area contributed by atoms with E-state index in [4.69, 9.17) is 9.26 Å². The molecule has 1 amide bonds. The number of aryl methyl sites for hydroxylation is 1. The number of benzene rings is 1. The molecule has 3 heterocycles. The van der Waals surface area contributed by atoms with Crippen molar-refractivity contribution in [3.8, 4) is 0 Å². The number of amides is 1. The van der Waals surface area contributed by atoms with E-state index in [1.807, 2.05) is 19.1 Å². The van der Waals surface area contributed by atoms with Gasteiger partial charge in [0.05, 0.1) is 30.5 Å². The maximum absolute atomic E-state index is 12.8. The highest BCUT2D eigenvalue weighted by molar-refractivity contribution is 6.06. The minimum absolute atomic E-state index is 0.111. The minimum Gasteiger partial charge on any atom is -0.379 e. The number of carbonyl (C=O) groups excluding carboxylic acids is 1. The largest absolute Gasteiger partial charge is 0.379 e. The standard InChI is InChI=1S/C19H19N3O4/c1-11-6-13(26-22-11)7-12-9-25-10-17(12)21-19(24)16-8-20-18(23)15-5-3-2-4-14(15)16/h2-6,8,12,17H,7,9-10H2,1H3,(H,20,23)(H,21,24)/t12-,17+/m1/s1. The van der Waals surface area contributed by atoms with E-state index >= 15 is 0 Å². The third-order valence-corrected chi connectivity index (χ3v) is 4.71. The lowest BCUT2D eigenvalue weighted by Gasteiger charge is -2.18. The maximum atomic E-state index is 12.8. The Morgan fingerprint density at radius 3 is 2.88 bits per heavy atom. The van der Waals surface area contributed by atoms with Crippen LogP contribution in [0.4, 0.5) is 0 Å². The Morgan fingerprint density at radius 1 is 1.31 bits per heavy atom. The van der Waals surface area contributed by atoms with E-state index in [-0.39, 0.29) is 23.4 Å². The Labute approximate surface area is 149 Å². The molecule has 1 fully saturated rings. The topological polar surface area (TPSA) is 97.2 Å². The molecular weight excluding hydrogens is 334 g/mol. The van der Waals surface area contributed by atoms with Crippen molar-refractivity contribution >= 4 is 16.7 Å². The normalized spacial score (nSPS) is 19.7. The summed E-state index contributed by atoms with van der Waals surface area (Å²) < 4.78 is 10.8. The zero-order valence-electron chi connectivity index (χ0n) is 14.3. The fraction of sp³-hybridized carbons (Fsp3) is 0.316. The predicted octanol–water partition coefficient (Wildman–Crippen LogP) is 1.81. The van der Waals surface area contributed by atoms with Gasteiger partial charge in [0.2, 0.25) is 0 Å². The van der Waals surface area contributed by atoms with Crippen LogP contribution >= 0.6 is 0 Å². The Morgan fingerprint density at radius 2 is 2.12 bits per heavy atom. The molecule has 0 unspecified atom stereocenters. The summed E-state index contributed by atoms with van der Waals surface area (Å²) in [6.07, 6.45) is 2.11. The number of hydrogen-bond acceptors (Lipinski definition) is 5. The van der Waals surface area contributed by atoms with Gasteiger partial charge in [-0.15, -0.1) is 0 Å². The van der Waals surface area contributed by atoms with Crippen LogP contribution in [-0.4, -0.2) is 35.3 Å². The number of aromatic nitrogens is 2. The summed E-state index contributed by atoms with van der Waals surface area (Å²) in [4.78, 5) is 27.4. The van der Waals surface area contributed by atoms with Gasteiger partial charge in [-0.25, -0.2) is 0 Å². The highest BCUT2D eigenvalue weighted by Crippen LogP contribution is 2.21. The van der Waals surface area contributed by atoms with Crippen molar-refractivity contribution < 1.29 is 14.1 Å². The van der Waals surface area contributed by atoms with Gasteiger partial charge in [0.25, 0.3) is 11.5 Å². The van der Waals surface area contributed by atoms with Gasteiger partial charge in [-0.1, -0.05) is 23.4 Å². The smallest absolute Gasteiger partial charge is 0.255 e. The quantitative estimate of drug-likeness (QED) is 0.746. The van der Waals surface area contributed by atoms with Crippen LogP contribution in [-0.2, 0) is 11.2 Å². The summed E-state index contributed by atoms with van der Waals surface area (Å²) in [6, 6.07) is 8.84. The molecule has 4 rings (SSSR count). The van der Waals surface area contributed by atoms with E-state index in [1.165, 1.54) is 6.20 Å². The average molecular weight is 353 g/mol. The van der Waals surface area contributed by atoms with Crippen LogP contribution in [0.25, 0.3) is 10.8 Å². The number of ether oxygens (including phenoxy) is 1. The summed E-state index contributed by atoms with van der Waals surface area (Å²) >= 11 is 0. The molecule has 0 spiro atoms. The van der Waals surface area contributed by atoms with E-state index < -0.39 is 0 Å². The van der Waals surface area contributed by atoms with E-state index in [2.05, 4.69) is 15.5 Å². The fourth-order valence-corrected chi connectivity index (χ4v) is 3.37. The molecular formula is C19H19N3O4. The van der Waals surface area contributed by atoms with Gasteiger partial charge >= 0.3 is 0 Å². The highest BCUT2D eigenvalue weighted by atomic mass is 16.5.